The summed E-state index contributed by atoms with van der Waals surface area (Å²) in [5.74, 6) is 1.55. The van der Waals surface area contributed by atoms with Crippen molar-refractivity contribution in [3.05, 3.63) is 59.2 Å². The molecule has 0 atom stereocenters. The maximum atomic E-state index is 5.63. The van der Waals surface area contributed by atoms with Crippen molar-refractivity contribution in [3.8, 4) is 11.5 Å². The van der Waals surface area contributed by atoms with Crippen LogP contribution in [0.4, 0.5) is 0 Å². The van der Waals surface area contributed by atoms with Gasteiger partial charge in [-0.3, -0.25) is 0 Å². The predicted molar refractivity (Wildman–Crippen MR) is 109 cm³/mol. The highest BCUT2D eigenvalue weighted by molar-refractivity contribution is 7.98. The second-order valence-corrected chi connectivity index (χ2v) is 7.56. The highest BCUT2D eigenvalue weighted by Crippen LogP contribution is 2.35. The molecule has 0 fully saturated rings. The third-order valence-electron chi connectivity index (χ3n) is 4.96. The number of hydrogen-bond donors (Lipinski definition) is 0. The van der Waals surface area contributed by atoms with Crippen LogP contribution in [0, 0.1) is 0 Å². The lowest BCUT2D eigenvalue weighted by Gasteiger charge is -2.09. The van der Waals surface area contributed by atoms with Crippen LogP contribution in [-0.4, -0.2) is 18.8 Å². The average Bonchev–Trinajstić information content (AvgIpc) is 3.37. The van der Waals surface area contributed by atoms with E-state index >= 15 is 0 Å². The highest BCUT2D eigenvalue weighted by atomic mass is 32.2. The molecule has 0 bridgehead atoms. The zero-order valence-corrected chi connectivity index (χ0v) is 16.5. The summed E-state index contributed by atoms with van der Waals surface area (Å²) in [6.45, 7) is 2.74. The van der Waals surface area contributed by atoms with E-state index in [0.717, 1.165) is 35.6 Å². The normalized spacial score (nSPS) is 16.1. The molecule has 4 rings (SSSR count). The Morgan fingerprint density at radius 3 is 2.70 bits per heavy atom. The standard InChI is InChI=1S/C22H23NO3S/c1-15(23-26-13-16-6-11-21-22(12-16)25-14-24-21)19-4-3-5-20(19)17-7-9-18(27-2)10-8-17/h6-12H,3-5,13-14H2,1-2H3/b23-15+. The van der Waals surface area contributed by atoms with Gasteiger partial charge in [-0.05, 0) is 79.0 Å². The molecule has 5 heteroatoms. The molecular formula is C22H23NO3S. The molecule has 1 aliphatic heterocycles. The monoisotopic (exact) mass is 381 g/mol. The van der Waals surface area contributed by atoms with Gasteiger partial charge in [0.1, 0.15) is 6.61 Å². The van der Waals surface area contributed by atoms with Crippen LogP contribution in [0.15, 0.2) is 58.1 Å². The molecule has 0 amide bonds. The quantitative estimate of drug-likeness (QED) is 0.367. The van der Waals surface area contributed by atoms with Crippen LogP contribution in [0.25, 0.3) is 5.57 Å². The largest absolute Gasteiger partial charge is 0.454 e. The predicted octanol–water partition coefficient (Wildman–Crippen LogP) is 5.67. The Morgan fingerprint density at radius 2 is 1.89 bits per heavy atom. The summed E-state index contributed by atoms with van der Waals surface area (Å²) in [7, 11) is 0. The fourth-order valence-corrected chi connectivity index (χ4v) is 3.95. The molecule has 1 aliphatic carbocycles. The Morgan fingerprint density at radius 1 is 1.07 bits per heavy atom. The van der Waals surface area contributed by atoms with Crippen LogP contribution < -0.4 is 9.47 Å². The van der Waals surface area contributed by atoms with Crippen molar-refractivity contribution in [2.24, 2.45) is 5.16 Å². The zero-order valence-electron chi connectivity index (χ0n) is 15.7. The number of allylic oxidation sites excluding steroid dienone is 2. The van der Waals surface area contributed by atoms with Gasteiger partial charge in [0.05, 0.1) is 5.71 Å². The summed E-state index contributed by atoms with van der Waals surface area (Å²) >= 11 is 1.77. The molecule has 1 heterocycles. The molecule has 0 saturated carbocycles. The van der Waals surface area contributed by atoms with Crippen molar-refractivity contribution >= 4 is 23.0 Å². The lowest BCUT2D eigenvalue weighted by molar-refractivity contribution is 0.130. The highest BCUT2D eigenvalue weighted by Gasteiger charge is 2.19. The molecule has 27 heavy (non-hydrogen) atoms. The van der Waals surface area contributed by atoms with Gasteiger partial charge >= 0.3 is 0 Å². The van der Waals surface area contributed by atoms with Gasteiger partial charge in [-0.15, -0.1) is 11.8 Å². The Hall–Kier alpha value is -2.40. The van der Waals surface area contributed by atoms with E-state index in [1.807, 2.05) is 25.1 Å². The topological polar surface area (TPSA) is 40.0 Å². The molecular weight excluding hydrogens is 358 g/mol. The van der Waals surface area contributed by atoms with Crippen LogP contribution in [-0.2, 0) is 11.4 Å². The van der Waals surface area contributed by atoms with Gasteiger partial charge in [0.25, 0.3) is 0 Å². The number of nitrogens with zero attached hydrogens (tertiary/aromatic N) is 1. The van der Waals surface area contributed by atoms with Crippen molar-refractivity contribution in [2.45, 2.75) is 37.7 Å². The van der Waals surface area contributed by atoms with Gasteiger partial charge in [-0.2, -0.15) is 0 Å². The average molecular weight is 381 g/mol. The molecule has 0 radical (unpaired) electrons. The smallest absolute Gasteiger partial charge is 0.231 e. The number of benzene rings is 2. The molecule has 0 spiro atoms. The van der Waals surface area contributed by atoms with E-state index in [9.17, 15) is 0 Å². The van der Waals surface area contributed by atoms with Gasteiger partial charge in [0.2, 0.25) is 6.79 Å². The molecule has 0 aromatic heterocycles. The summed E-state index contributed by atoms with van der Waals surface area (Å²) in [5, 5.41) is 4.39. The Balaban J connectivity index is 1.46. The van der Waals surface area contributed by atoms with Crippen LogP contribution in [0.5, 0.6) is 11.5 Å². The van der Waals surface area contributed by atoms with Gasteiger partial charge in [0.15, 0.2) is 11.5 Å². The lowest BCUT2D eigenvalue weighted by Crippen LogP contribution is -1.99. The van der Waals surface area contributed by atoms with Gasteiger partial charge < -0.3 is 14.3 Å². The first-order valence-corrected chi connectivity index (χ1v) is 10.4. The van der Waals surface area contributed by atoms with E-state index in [4.69, 9.17) is 14.3 Å². The number of hydrogen-bond acceptors (Lipinski definition) is 5. The van der Waals surface area contributed by atoms with Gasteiger partial charge in [0, 0.05) is 4.90 Å². The molecule has 4 nitrogen and oxygen atoms in total. The molecule has 2 aliphatic rings. The first-order chi connectivity index (χ1) is 13.2. The molecule has 0 saturated heterocycles. The fraction of sp³-hybridized carbons (Fsp3) is 0.318. The van der Waals surface area contributed by atoms with Crippen molar-refractivity contribution in [3.63, 3.8) is 0 Å². The van der Waals surface area contributed by atoms with Crippen molar-refractivity contribution in [2.75, 3.05) is 13.0 Å². The third-order valence-corrected chi connectivity index (χ3v) is 5.71. The zero-order chi connectivity index (χ0) is 18.6. The fourth-order valence-electron chi connectivity index (χ4n) is 3.54. The summed E-state index contributed by atoms with van der Waals surface area (Å²) in [4.78, 5) is 6.92. The molecule has 140 valence electrons. The van der Waals surface area contributed by atoms with E-state index in [1.54, 1.807) is 11.8 Å². The van der Waals surface area contributed by atoms with E-state index in [0.29, 0.717) is 6.61 Å². The Labute approximate surface area is 164 Å². The Bertz CT molecular complexity index is 887. The second kappa shape index (κ2) is 8.09. The minimum atomic E-state index is 0.283. The van der Waals surface area contributed by atoms with E-state index in [1.165, 1.54) is 28.0 Å². The van der Waals surface area contributed by atoms with Crippen LogP contribution >= 0.6 is 11.8 Å². The molecule has 2 aromatic carbocycles. The van der Waals surface area contributed by atoms with Gasteiger partial charge in [-0.25, -0.2) is 0 Å². The third kappa shape index (κ3) is 3.98. The molecule has 0 unspecified atom stereocenters. The lowest BCUT2D eigenvalue weighted by atomic mass is 10.00. The number of rotatable bonds is 6. The van der Waals surface area contributed by atoms with Crippen LogP contribution in [0.2, 0.25) is 0 Å². The number of oxime groups is 1. The SMILES string of the molecule is CSc1ccc(C2=C(/C(C)=N/OCc3ccc4c(c3)OCO4)CCC2)cc1. The molecule has 0 N–H and O–H groups in total. The van der Waals surface area contributed by atoms with Gasteiger partial charge in [-0.1, -0.05) is 23.4 Å². The van der Waals surface area contributed by atoms with Crippen molar-refractivity contribution in [1.29, 1.82) is 0 Å². The second-order valence-electron chi connectivity index (χ2n) is 6.68. The number of ether oxygens (including phenoxy) is 2. The summed E-state index contributed by atoms with van der Waals surface area (Å²) in [6, 6.07) is 14.6. The Kier molecular flexibility index (Phi) is 5.39. The number of thioether (sulfide) groups is 1. The maximum absolute atomic E-state index is 5.63. The molecule has 2 aromatic rings. The number of fused-ring (bicyclic) bond motifs is 1. The van der Waals surface area contributed by atoms with Crippen LogP contribution in [0.1, 0.15) is 37.3 Å². The van der Waals surface area contributed by atoms with E-state index in [-0.39, 0.29) is 6.79 Å². The van der Waals surface area contributed by atoms with Crippen molar-refractivity contribution < 1.29 is 14.3 Å². The summed E-state index contributed by atoms with van der Waals surface area (Å²) in [6.07, 6.45) is 5.43. The van der Waals surface area contributed by atoms with Crippen molar-refractivity contribution in [1.82, 2.24) is 0 Å². The first kappa shape index (κ1) is 18.0. The maximum Gasteiger partial charge on any atom is 0.231 e. The summed E-state index contributed by atoms with van der Waals surface area (Å²) in [5.41, 5.74) is 6.00. The first-order valence-electron chi connectivity index (χ1n) is 9.16. The summed E-state index contributed by atoms with van der Waals surface area (Å²) < 4.78 is 10.7. The minimum Gasteiger partial charge on any atom is -0.454 e. The minimum absolute atomic E-state index is 0.283. The van der Waals surface area contributed by atoms with E-state index < -0.39 is 0 Å². The van der Waals surface area contributed by atoms with E-state index in [2.05, 4.69) is 35.7 Å². The van der Waals surface area contributed by atoms with Crippen LogP contribution in [0.3, 0.4) is 0 Å².